The summed E-state index contributed by atoms with van der Waals surface area (Å²) >= 11 is 0. The van der Waals surface area contributed by atoms with Crippen LogP contribution in [0.2, 0.25) is 0 Å². The molecule has 28 heavy (non-hydrogen) atoms. The molecule has 1 aromatic heterocycles. The first-order valence-corrected chi connectivity index (χ1v) is 9.92. The standard InChI is InChI=1S/C22H26N4O2/c1-3-19(27)26-12-11-25(14-17(26)13-16-7-5-4-6-8-16)22(28)21-18-10-9-15(2)20(18)23-24-21/h3-8,15,17H,1,9-14H2,2H3,(H,23,24)/t15?,17-/m0/s1. The lowest BCUT2D eigenvalue weighted by Gasteiger charge is -2.41. The lowest BCUT2D eigenvalue weighted by molar-refractivity contribution is -0.130. The minimum Gasteiger partial charge on any atom is -0.333 e. The van der Waals surface area contributed by atoms with Crippen LogP contribution in [0.1, 0.15) is 46.6 Å². The summed E-state index contributed by atoms with van der Waals surface area (Å²) in [4.78, 5) is 29.2. The molecule has 2 amide bonds. The Bertz CT molecular complexity index is 889. The van der Waals surface area contributed by atoms with E-state index in [1.54, 1.807) is 0 Å². The van der Waals surface area contributed by atoms with Crippen molar-refractivity contribution in [2.24, 2.45) is 0 Å². The van der Waals surface area contributed by atoms with E-state index < -0.39 is 0 Å². The molecule has 2 atom stereocenters. The zero-order valence-electron chi connectivity index (χ0n) is 16.2. The molecule has 0 saturated carbocycles. The highest BCUT2D eigenvalue weighted by atomic mass is 16.2. The molecule has 1 saturated heterocycles. The Kier molecular flexibility index (Phi) is 5.03. The summed E-state index contributed by atoms with van der Waals surface area (Å²) < 4.78 is 0. The van der Waals surface area contributed by atoms with Crippen molar-refractivity contribution in [2.45, 2.75) is 38.1 Å². The van der Waals surface area contributed by atoms with Crippen molar-refractivity contribution in [2.75, 3.05) is 19.6 Å². The van der Waals surface area contributed by atoms with Gasteiger partial charge in [0.1, 0.15) is 0 Å². The summed E-state index contributed by atoms with van der Waals surface area (Å²) in [6.07, 6.45) is 4.02. The monoisotopic (exact) mass is 378 g/mol. The Morgan fingerprint density at radius 2 is 2.07 bits per heavy atom. The fourth-order valence-electron chi connectivity index (χ4n) is 4.38. The van der Waals surface area contributed by atoms with Crippen LogP contribution in [0.5, 0.6) is 0 Å². The van der Waals surface area contributed by atoms with E-state index in [2.05, 4.69) is 35.8 Å². The molecule has 2 heterocycles. The van der Waals surface area contributed by atoms with Gasteiger partial charge in [-0.15, -0.1) is 0 Å². The molecular weight excluding hydrogens is 352 g/mol. The van der Waals surface area contributed by atoms with Gasteiger partial charge in [0.25, 0.3) is 5.91 Å². The van der Waals surface area contributed by atoms with E-state index in [0.29, 0.717) is 37.7 Å². The number of rotatable bonds is 4. The molecule has 2 aromatic rings. The number of carbonyl (C=O) groups excluding carboxylic acids is 2. The Balaban J connectivity index is 1.55. The van der Waals surface area contributed by atoms with E-state index in [0.717, 1.165) is 29.7 Å². The summed E-state index contributed by atoms with van der Waals surface area (Å²) in [5.74, 6) is 0.315. The summed E-state index contributed by atoms with van der Waals surface area (Å²) in [5, 5.41) is 7.40. The van der Waals surface area contributed by atoms with Crippen LogP contribution in [0.3, 0.4) is 0 Å². The fourth-order valence-corrected chi connectivity index (χ4v) is 4.38. The highest BCUT2D eigenvalue weighted by Crippen LogP contribution is 2.33. The summed E-state index contributed by atoms with van der Waals surface area (Å²) in [7, 11) is 0. The minimum absolute atomic E-state index is 0.0321. The van der Waals surface area contributed by atoms with Crippen LogP contribution in [0.25, 0.3) is 0 Å². The first-order valence-electron chi connectivity index (χ1n) is 9.92. The van der Waals surface area contributed by atoms with Gasteiger partial charge in [-0.1, -0.05) is 43.8 Å². The minimum atomic E-state index is -0.0810. The lowest BCUT2D eigenvalue weighted by Crippen LogP contribution is -2.57. The zero-order valence-corrected chi connectivity index (χ0v) is 16.2. The van der Waals surface area contributed by atoms with Crippen LogP contribution < -0.4 is 0 Å². The van der Waals surface area contributed by atoms with Crippen molar-refractivity contribution in [3.05, 3.63) is 65.5 Å². The maximum Gasteiger partial charge on any atom is 0.274 e. The highest BCUT2D eigenvalue weighted by molar-refractivity contribution is 5.94. The van der Waals surface area contributed by atoms with Crippen molar-refractivity contribution in [3.8, 4) is 0 Å². The molecular formula is C22H26N4O2. The molecule has 0 radical (unpaired) electrons. The topological polar surface area (TPSA) is 69.3 Å². The van der Waals surface area contributed by atoms with E-state index >= 15 is 0 Å². The van der Waals surface area contributed by atoms with Gasteiger partial charge in [-0.25, -0.2) is 0 Å². The Hall–Kier alpha value is -2.89. The smallest absolute Gasteiger partial charge is 0.274 e. The van der Waals surface area contributed by atoms with Gasteiger partial charge in [0, 0.05) is 30.9 Å². The maximum atomic E-state index is 13.2. The molecule has 1 unspecified atom stereocenters. The molecule has 4 rings (SSSR count). The molecule has 1 aliphatic carbocycles. The number of piperazine rings is 1. The van der Waals surface area contributed by atoms with Gasteiger partial charge in [0.15, 0.2) is 5.69 Å². The molecule has 1 N–H and O–H groups in total. The number of aromatic amines is 1. The largest absolute Gasteiger partial charge is 0.333 e. The second-order valence-electron chi connectivity index (χ2n) is 7.73. The van der Waals surface area contributed by atoms with Crippen LogP contribution in [-0.2, 0) is 17.6 Å². The number of fused-ring (bicyclic) bond motifs is 1. The number of benzene rings is 1. The Labute approximate surface area is 165 Å². The SMILES string of the molecule is C=CC(=O)N1CCN(C(=O)c2n[nH]c3c2CCC3C)C[C@@H]1Cc1ccccc1. The number of aromatic nitrogens is 2. The average molecular weight is 378 g/mol. The quantitative estimate of drug-likeness (QED) is 0.832. The van der Waals surface area contributed by atoms with Crippen molar-refractivity contribution in [3.63, 3.8) is 0 Å². The summed E-state index contributed by atoms with van der Waals surface area (Å²) in [6, 6.07) is 10.0. The van der Waals surface area contributed by atoms with E-state index in [1.165, 1.54) is 6.08 Å². The third-order valence-electron chi connectivity index (χ3n) is 5.96. The molecule has 1 fully saturated rings. The molecule has 1 aromatic carbocycles. The van der Waals surface area contributed by atoms with E-state index in [-0.39, 0.29) is 17.9 Å². The van der Waals surface area contributed by atoms with Crippen molar-refractivity contribution in [1.82, 2.24) is 20.0 Å². The van der Waals surface area contributed by atoms with Gasteiger partial charge < -0.3 is 9.80 Å². The zero-order chi connectivity index (χ0) is 19.7. The number of hydrogen-bond donors (Lipinski definition) is 1. The van der Waals surface area contributed by atoms with Crippen molar-refractivity contribution < 1.29 is 9.59 Å². The first-order chi connectivity index (χ1) is 13.6. The summed E-state index contributed by atoms with van der Waals surface area (Å²) in [6.45, 7) is 7.32. The normalized spacial score (nSPS) is 21.5. The lowest BCUT2D eigenvalue weighted by atomic mass is 10.0. The van der Waals surface area contributed by atoms with Gasteiger partial charge in [-0.3, -0.25) is 14.7 Å². The van der Waals surface area contributed by atoms with Crippen LogP contribution >= 0.6 is 0 Å². The van der Waals surface area contributed by atoms with E-state index in [4.69, 9.17) is 0 Å². The summed E-state index contributed by atoms with van der Waals surface area (Å²) in [5.41, 5.74) is 3.88. The van der Waals surface area contributed by atoms with Gasteiger partial charge >= 0.3 is 0 Å². The fraction of sp³-hybridized carbons (Fsp3) is 0.409. The average Bonchev–Trinajstić information content (AvgIpc) is 3.30. The van der Waals surface area contributed by atoms with Gasteiger partial charge in [0.05, 0.1) is 6.04 Å². The highest BCUT2D eigenvalue weighted by Gasteiger charge is 2.35. The number of carbonyl (C=O) groups is 2. The van der Waals surface area contributed by atoms with Crippen molar-refractivity contribution in [1.29, 1.82) is 0 Å². The maximum absolute atomic E-state index is 13.2. The number of hydrogen-bond acceptors (Lipinski definition) is 3. The number of amides is 2. The van der Waals surface area contributed by atoms with Crippen molar-refractivity contribution >= 4 is 11.8 Å². The Morgan fingerprint density at radius 3 is 2.82 bits per heavy atom. The molecule has 2 aliphatic rings. The molecule has 146 valence electrons. The van der Waals surface area contributed by atoms with Crippen LogP contribution in [0.15, 0.2) is 43.0 Å². The first kappa shape index (κ1) is 18.5. The van der Waals surface area contributed by atoms with E-state index in [1.807, 2.05) is 28.0 Å². The predicted octanol–water partition coefficient (Wildman–Crippen LogP) is 2.54. The molecule has 0 spiro atoms. The second kappa shape index (κ2) is 7.62. The van der Waals surface area contributed by atoms with Crippen LogP contribution in [0.4, 0.5) is 0 Å². The number of nitrogens with zero attached hydrogens (tertiary/aromatic N) is 3. The van der Waals surface area contributed by atoms with Gasteiger partial charge in [-0.2, -0.15) is 5.10 Å². The predicted molar refractivity (Wildman–Crippen MR) is 107 cm³/mol. The molecule has 1 aliphatic heterocycles. The molecule has 6 nitrogen and oxygen atoms in total. The third kappa shape index (κ3) is 3.35. The molecule has 0 bridgehead atoms. The van der Waals surface area contributed by atoms with Gasteiger partial charge in [0.2, 0.25) is 5.91 Å². The number of H-pyrrole nitrogens is 1. The second-order valence-corrected chi connectivity index (χ2v) is 7.73. The van der Waals surface area contributed by atoms with Crippen LogP contribution in [-0.4, -0.2) is 57.5 Å². The third-order valence-corrected chi connectivity index (χ3v) is 5.96. The Morgan fingerprint density at radius 1 is 1.29 bits per heavy atom. The van der Waals surface area contributed by atoms with E-state index in [9.17, 15) is 9.59 Å². The van der Waals surface area contributed by atoms with Gasteiger partial charge in [-0.05, 0) is 36.8 Å². The van der Waals surface area contributed by atoms with Crippen LogP contribution in [0, 0.1) is 0 Å². The number of nitrogens with one attached hydrogen (secondary N) is 1. The molecule has 6 heteroatoms.